The Morgan fingerprint density at radius 2 is 1.79 bits per heavy atom. The van der Waals surface area contributed by atoms with Crippen LogP contribution in [-0.4, -0.2) is 62.6 Å². The molecule has 0 spiro atoms. The molecule has 0 aliphatic carbocycles. The predicted octanol–water partition coefficient (Wildman–Crippen LogP) is 3.11. The number of hydrogen-bond donors (Lipinski definition) is 0. The van der Waals surface area contributed by atoms with E-state index in [1.807, 2.05) is 58.2 Å². The minimum absolute atomic E-state index is 0.0142. The van der Waals surface area contributed by atoms with Gasteiger partial charge in [-0.25, -0.2) is 9.67 Å². The molecular weight excluding hydrogens is 414 g/mol. The maximum atomic E-state index is 13.5. The first-order valence-corrected chi connectivity index (χ1v) is 11.4. The molecule has 0 bridgehead atoms. The van der Waals surface area contributed by atoms with Crippen LogP contribution in [-0.2, 0) is 22.6 Å². The average Bonchev–Trinajstić information content (AvgIpc) is 3.13. The summed E-state index contributed by atoms with van der Waals surface area (Å²) in [5, 5.41) is 4.39. The maximum Gasteiger partial charge on any atom is 0.245 e. The lowest BCUT2D eigenvalue weighted by atomic mass is 9.96. The summed E-state index contributed by atoms with van der Waals surface area (Å²) in [5.41, 5.74) is 3.28. The monoisotopic (exact) mass is 445 g/mol. The summed E-state index contributed by atoms with van der Waals surface area (Å²) < 4.78 is 1.77. The molecule has 2 amide bonds. The fourth-order valence-electron chi connectivity index (χ4n) is 4.46. The topological polar surface area (TPSA) is 71.3 Å². The predicted molar refractivity (Wildman–Crippen MR) is 127 cm³/mol. The lowest BCUT2D eigenvalue weighted by Crippen LogP contribution is -2.59. The van der Waals surface area contributed by atoms with Crippen LogP contribution in [0.15, 0.2) is 54.6 Å². The van der Waals surface area contributed by atoms with Crippen LogP contribution in [0.5, 0.6) is 0 Å². The normalized spacial score (nSPS) is 17.3. The number of hydrogen-bond acceptors (Lipinski definition) is 4. The first-order chi connectivity index (χ1) is 15.8. The van der Waals surface area contributed by atoms with Crippen molar-refractivity contribution in [1.29, 1.82) is 0 Å². The first kappa shape index (κ1) is 22.7. The number of benzene rings is 2. The Hall–Kier alpha value is -3.48. The van der Waals surface area contributed by atoms with Crippen molar-refractivity contribution in [3.8, 4) is 11.1 Å². The summed E-state index contributed by atoms with van der Waals surface area (Å²) >= 11 is 0. The summed E-state index contributed by atoms with van der Waals surface area (Å²) in [6.07, 6.45) is 0.490. The highest BCUT2D eigenvalue weighted by Gasteiger charge is 2.37. The van der Waals surface area contributed by atoms with E-state index in [9.17, 15) is 9.59 Å². The second-order valence-electron chi connectivity index (χ2n) is 8.87. The molecule has 1 aliphatic rings. The van der Waals surface area contributed by atoms with Crippen molar-refractivity contribution in [2.75, 3.05) is 20.1 Å². The molecule has 2 heterocycles. The molecule has 2 aromatic carbocycles. The Balaban J connectivity index is 1.55. The number of carbonyl (C=O) groups is 2. The van der Waals surface area contributed by atoms with Crippen LogP contribution in [0.3, 0.4) is 0 Å². The molecule has 7 nitrogen and oxygen atoms in total. The number of amides is 2. The number of aromatic nitrogens is 3. The molecule has 3 aromatic rings. The van der Waals surface area contributed by atoms with Gasteiger partial charge in [0, 0.05) is 26.6 Å². The van der Waals surface area contributed by atoms with Gasteiger partial charge in [-0.2, -0.15) is 5.10 Å². The van der Waals surface area contributed by atoms with E-state index in [4.69, 9.17) is 0 Å². The molecule has 0 N–H and O–H groups in total. The van der Waals surface area contributed by atoms with Gasteiger partial charge in [-0.3, -0.25) is 9.59 Å². The molecule has 0 radical (unpaired) electrons. The molecule has 0 saturated carbocycles. The third-order valence-electron chi connectivity index (χ3n) is 6.29. The van der Waals surface area contributed by atoms with Crippen molar-refractivity contribution < 1.29 is 9.59 Å². The van der Waals surface area contributed by atoms with E-state index in [0.29, 0.717) is 31.9 Å². The van der Waals surface area contributed by atoms with Crippen LogP contribution < -0.4 is 0 Å². The minimum Gasteiger partial charge on any atom is -0.342 e. The summed E-state index contributed by atoms with van der Waals surface area (Å²) in [7, 11) is 1.81. The lowest BCUT2D eigenvalue weighted by molar-refractivity contribution is -0.152. The van der Waals surface area contributed by atoms with Gasteiger partial charge in [0.05, 0.1) is 12.5 Å². The van der Waals surface area contributed by atoms with E-state index >= 15 is 0 Å². The first-order valence-electron chi connectivity index (χ1n) is 11.4. The Bertz CT molecular complexity index is 1140. The van der Waals surface area contributed by atoms with Crippen molar-refractivity contribution in [2.45, 2.75) is 39.8 Å². The molecule has 172 valence electrons. The Kier molecular flexibility index (Phi) is 6.58. The second-order valence-corrected chi connectivity index (χ2v) is 8.87. The van der Waals surface area contributed by atoms with Gasteiger partial charge in [0.15, 0.2) is 0 Å². The number of rotatable bonds is 6. The van der Waals surface area contributed by atoms with Gasteiger partial charge >= 0.3 is 0 Å². The third kappa shape index (κ3) is 4.97. The second kappa shape index (κ2) is 9.57. The van der Waals surface area contributed by atoms with Gasteiger partial charge < -0.3 is 9.80 Å². The van der Waals surface area contributed by atoms with Crippen molar-refractivity contribution in [3.63, 3.8) is 0 Å². The molecule has 1 fully saturated rings. The number of nitrogens with zero attached hydrogens (tertiary/aromatic N) is 5. The molecule has 33 heavy (non-hydrogen) atoms. The van der Waals surface area contributed by atoms with Crippen molar-refractivity contribution in [2.24, 2.45) is 5.92 Å². The van der Waals surface area contributed by atoms with Crippen LogP contribution in [0.2, 0.25) is 0 Å². The zero-order valence-corrected chi connectivity index (χ0v) is 19.7. The van der Waals surface area contributed by atoms with E-state index < -0.39 is 6.04 Å². The smallest absolute Gasteiger partial charge is 0.245 e. The van der Waals surface area contributed by atoms with Crippen molar-refractivity contribution >= 4 is 11.8 Å². The quantitative estimate of drug-likeness (QED) is 0.585. The molecular formula is C26H31N5O2. The number of likely N-dealkylation sites (N-methyl/N-ethyl adjacent to an activating group) is 1. The fourth-order valence-corrected chi connectivity index (χ4v) is 4.46. The van der Waals surface area contributed by atoms with Gasteiger partial charge in [0.2, 0.25) is 11.8 Å². The standard InChI is InChI=1S/C26H31N5O2/c1-18(17-31-20(3)27-19(2)28-31)25(32)30-14-13-29(4)26(33)24(30)16-21-9-8-12-23(15-21)22-10-6-5-7-11-22/h5-12,15,18,24H,13-14,16-17H2,1-4H3/t18-,24-/m1/s1. The molecule has 4 rings (SSSR count). The summed E-state index contributed by atoms with van der Waals surface area (Å²) in [6.45, 7) is 7.15. The zero-order chi connectivity index (χ0) is 23.5. The van der Waals surface area contributed by atoms with Crippen LogP contribution in [0.25, 0.3) is 11.1 Å². The highest BCUT2D eigenvalue weighted by atomic mass is 16.2. The van der Waals surface area contributed by atoms with Crippen molar-refractivity contribution in [3.05, 3.63) is 71.8 Å². The number of aryl methyl sites for hydroxylation is 2. The van der Waals surface area contributed by atoms with E-state index in [1.54, 1.807) is 14.5 Å². The minimum atomic E-state index is -0.511. The number of piperazine rings is 1. The third-order valence-corrected chi connectivity index (χ3v) is 6.29. The molecule has 1 saturated heterocycles. The molecule has 2 atom stereocenters. The molecule has 0 unspecified atom stereocenters. The van der Waals surface area contributed by atoms with Gasteiger partial charge in [0.1, 0.15) is 17.7 Å². The van der Waals surface area contributed by atoms with Crippen LogP contribution >= 0.6 is 0 Å². The highest BCUT2D eigenvalue weighted by molar-refractivity contribution is 5.89. The van der Waals surface area contributed by atoms with Crippen LogP contribution in [0.4, 0.5) is 0 Å². The Morgan fingerprint density at radius 3 is 2.48 bits per heavy atom. The highest BCUT2D eigenvalue weighted by Crippen LogP contribution is 2.23. The van der Waals surface area contributed by atoms with Gasteiger partial charge in [-0.05, 0) is 30.5 Å². The van der Waals surface area contributed by atoms with Crippen LogP contribution in [0, 0.1) is 19.8 Å². The van der Waals surface area contributed by atoms with Gasteiger partial charge in [-0.15, -0.1) is 0 Å². The molecule has 1 aromatic heterocycles. The average molecular weight is 446 g/mol. The van der Waals surface area contributed by atoms with Gasteiger partial charge in [0.25, 0.3) is 0 Å². The number of carbonyl (C=O) groups excluding carboxylic acids is 2. The SMILES string of the molecule is Cc1nc(C)n(C[C@@H](C)C(=O)N2CCN(C)C(=O)[C@H]2Cc2cccc(-c3ccccc3)c2)n1. The van der Waals surface area contributed by atoms with E-state index in [-0.39, 0.29) is 17.7 Å². The van der Waals surface area contributed by atoms with Crippen molar-refractivity contribution in [1.82, 2.24) is 24.6 Å². The summed E-state index contributed by atoms with van der Waals surface area (Å²) in [5.74, 6) is 1.14. The lowest BCUT2D eigenvalue weighted by Gasteiger charge is -2.40. The Labute approximate surface area is 195 Å². The van der Waals surface area contributed by atoms with Gasteiger partial charge in [-0.1, -0.05) is 61.5 Å². The molecule has 1 aliphatic heterocycles. The van der Waals surface area contributed by atoms with E-state index in [1.165, 1.54) is 0 Å². The summed E-state index contributed by atoms with van der Waals surface area (Å²) in [4.78, 5) is 34.4. The molecule has 7 heteroatoms. The maximum absolute atomic E-state index is 13.5. The van der Waals surface area contributed by atoms with E-state index in [0.717, 1.165) is 22.5 Å². The largest absolute Gasteiger partial charge is 0.342 e. The Morgan fingerprint density at radius 1 is 1.06 bits per heavy atom. The van der Waals surface area contributed by atoms with Crippen LogP contribution in [0.1, 0.15) is 24.1 Å². The zero-order valence-electron chi connectivity index (χ0n) is 19.7. The summed E-state index contributed by atoms with van der Waals surface area (Å²) in [6, 6.07) is 17.9. The fraction of sp³-hybridized carbons (Fsp3) is 0.385. The van der Waals surface area contributed by atoms with E-state index in [2.05, 4.69) is 34.3 Å².